The molecule has 2 N–H and O–H groups in total. The fraction of sp³-hybridized carbons (Fsp3) is 0.583. The zero-order chi connectivity index (χ0) is 13.3. The highest BCUT2D eigenvalue weighted by atomic mass is 16.3. The monoisotopic (exact) mass is 264 g/mol. The number of rotatable bonds is 9. The molecule has 0 saturated carbocycles. The molecule has 19 heavy (non-hydrogen) atoms. The molecule has 0 unspecified atom stereocenters. The van der Waals surface area contributed by atoms with Gasteiger partial charge in [-0.15, -0.1) is 5.10 Å². The number of nitrogens with one attached hydrogen (secondary N) is 1. The number of hydrogen-bond donors (Lipinski definition) is 2. The number of aliphatic hydroxyl groups is 1. The topological polar surface area (TPSA) is 80.8 Å². The summed E-state index contributed by atoms with van der Waals surface area (Å²) in [5.41, 5.74) is 0.931. The van der Waals surface area contributed by atoms with Gasteiger partial charge in [-0.25, -0.2) is 4.98 Å². The van der Waals surface area contributed by atoms with E-state index in [2.05, 4.69) is 25.2 Å². The Morgan fingerprint density at radius 2 is 2.21 bits per heavy atom. The fourth-order valence-electron chi connectivity index (χ4n) is 1.78. The normalized spacial score (nSPS) is 11.0. The number of hydrogen-bond acceptors (Lipinski definition) is 5. The quantitative estimate of drug-likeness (QED) is 0.625. The average Bonchev–Trinajstić information content (AvgIpc) is 3.07. The third-order valence-electron chi connectivity index (χ3n) is 2.77. The second-order valence-corrected chi connectivity index (χ2v) is 4.38. The summed E-state index contributed by atoms with van der Waals surface area (Å²) in [7, 11) is 0. The highest BCUT2D eigenvalue weighted by molar-refractivity contribution is 4.91. The van der Waals surface area contributed by atoms with Gasteiger partial charge in [0, 0.05) is 44.8 Å². The van der Waals surface area contributed by atoms with Gasteiger partial charge in [0.05, 0.1) is 12.0 Å². The van der Waals surface area contributed by atoms with Gasteiger partial charge >= 0.3 is 0 Å². The van der Waals surface area contributed by atoms with Crippen LogP contribution in [0.2, 0.25) is 0 Å². The molecule has 2 rings (SSSR count). The molecule has 0 amide bonds. The molecule has 0 bridgehead atoms. The Bertz CT molecular complexity index is 452. The third kappa shape index (κ3) is 4.80. The van der Waals surface area contributed by atoms with Crippen molar-refractivity contribution in [1.82, 2.24) is 29.9 Å². The Kier molecular flexibility index (Phi) is 5.51. The Morgan fingerprint density at radius 1 is 1.26 bits per heavy atom. The maximum absolute atomic E-state index is 8.73. The summed E-state index contributed by atoms with van der Waals surface area (Å²) in [6.07, 6.45) is 9.26. The van der Waals surface area contributed by atoms with Gasteiger partial charge < -0.3 is 15.0 Å². The van der Waals surface area contributed by atoms with Crippen molar-refractivity contribution in [1.29, 1.82) is 0 Å². The van der Waals surface area contributed by atoms with Gasteiger partial charge in [0.25, 0.3) is 0 Å². The smallest absolute Gasteiger partial charge is 0.0964 e. The molecule has 0 aliphatic carbocycles. The molecule has 0 radical (unpaired) electrons. The van der Waals surface area contributed by atoms with E-state index in [1.165, 1.54) is 0 Å². The standard InChI is InChI=1S/C12H20N6O/c19-8-2-6-18-10-12(15-16-18)9-13-3-1-5-17-7-4-14-11-17/h4,7,10-11,13,19H,1-3,5-6,8-9H2. The minimum absolute atomic E-state index is 0.182. The minimum Gasteiger partial charge on any atom is -0.396 e. The van der Waals surface area contributed by atoms with Crippen molar-refractivity contribution in [3.05, 3.63) is 30.6 Å². The zero-order valence-corrected chi connectivity index (χ0v) is 10.9. The lowest BCUT2D eigenvalue weighted by atomic mass is 10.4. The van der Waals surface area contributed by atoms with Crippen LogP contribution in [0.3, 0.4) is 0 Å². The van der Waals surface area contributed by atoms with Crippen LogP contribution >= 0.6 is 0 Å². The summed E-state index contributed by atoms with van der Waals surface area (Å²) in [6.45, 7) is 3.52. The van der Waals surface area contributed by atoms with E-state index in [0.29, 0.717) is 13.0 Å². The lowest BCUT2D eigenvalue weighted by molar-refractivity contribution is 0.276. The van der Waals surface area contributed by atoms with Gasteiger partial charge in [0.15, 0.2) is 0 Å². The van der Waals surface area contributed by atoms with Crippen LogP contribution in [0.1, 0.15) is 18.5 Å². The molecule has 0 aromatic carbocycles. The third-order valence-corrected chi connectivity index (χ3v) is 2.77. The molecule has 2 aromatic heterocycles. The summed E-state index contributed by atoms with van der Waals surface area (Å²) < 4.78 is 3.82. The first-order valence-electron chi connectivity index (χ1n) is 6.55. The Hall–Kier alpha value is -1.73. The second-order valence-electron chi connectivity index (χ2n) is 4.38. The highest BCUT2D eigenvalue weighted by Gasteiger charge is 1.99. The molecule has 0 aliphatic heterocycles. The fourth-order valence-corrected chi connectivity index (χ4v) is 1.78. The van der Waals surface area contributed by atoms with Crippen molar-refractivity contribution in [2.75, 3.05) is 13.2 Å². The van der Waals surface area contributed by atoms with Gasteiger partial charge in [0.2, 0.25) is 0 Å². The first-order valence-corrected chi connectivity index (χ1v) is 6.55. The van der Waals surface area contributed by atoms with Crippen molar-refractivity contribution >= 4 is 0 Å². The minimum atomic E-state index is 0.182. The van der Waals surface area contributed by atoms with Crippen LogP contribution in [0.5, 0.6) is 0 Å². The number of imidazole rings is 1. The molecular weight excluding hydrogens is 244 g/mol. The SMILES string of the molecule is OCCCn1cc(CNCCCn2ccnc2)nn1. The molecule has 2 aromatic rings. The van der Waals surface area contributed by atoms with Crippen LogP contribution in [0.4, 0.5) is 0 Å². The van der Waals surface area contributed by atoms with E-state index < -0.39 is 0 Å². The molecule has 0 saturated heterocycles. The van der Waals surface area contributed by atoms with E-state index in [4.69, 9.17) is 5.11 Å². The number of nitrogens with zero attached hydrogens (tertiary/aromatic N) is 5. The summed E-state index contributed by atoms with van der Waals surface area (Å²) >= 11 is 0. The molecule has 2 heterocycles. The summed E-state index contributed by atoms with van der Waals surface area (Å²) in [5.74, 6) is 0. The molecular formula is C12H20N6O. The van der Waals surface area contributed by atoms with E-state index in [0.717, 1.165) is 31.7 Å². The predicted octanol–water partition coefficient (Wildman–Crippen LogP) is 0.0369. The van der Waals surface area contributed by atoms with Crippen molar-refractivity contribution in [3.63, 3.8) is 0 Å². The van der Waals surface area contributed by atoms with Gasteiger partial charge in [-0.3, -0.25) is 4.68 Å². The van der Waals surface area contributed by atoms with Crippen LogP contribution in [0.25, 0.3) is 0 Å². The van der Waals surface area contributed by atoms with Gasteiger partial charge in [-0.1, -0.05) is 5.21 Å². The van der Waals surface area contributed by atoms with Crippen molar-refractivity contribution in [3.8, 4) is 0 Å². The Morgan fingerprint density at radius 3 is 3.00 bits per heavy atom. The van der Waals surface area contributed by atoms with E-state index in [-0.39, 0.29) is 6.61 Å². The maximum Gasteiger partial charge on any atom is 0.0964 e. The van der Waals surface area contributed by atoms with Crippen LogP contribution < -0.4 is 5.32 Å². The zero-order valence-electron chi connectivity index (χ0n) is 10.9. The van der Waals surface area contributed by atoms with E-state index in [1.54, 1.807) is 10.9 Å². The molecule has 7 nitrogen and oxygen atoms in total. The first kappa shape index (κ1) is 13.7. The number of aryl methyl sites for hydroxylation is 2. The summed E-state index contributed by atoms with van der Waals surface area (Å²) in [6, 6.07) is 0. The van der Waals surface area contributed by atoms with Gasteiger partial charge in [-0.05, 0) is 19.4 Å². The van der Waals surface area contributed by atoms with Crippen molar-refractivity contribution < 1.29 is 5.11 Å². The maximum atomic E-state index is 8.73. The average molecular weight is 264 g/mol. The lowest BCUT2D eigenvalue weighted by Crippen LogP contribution is -2.16. The first-order chi connectivity index (χ1) is 9.38. The van der Waals surface area contributed by atoms with E-state index in [9.17, 15) is 0 Å². The summed E-state index contributed by atoms with van der Waals surface area (Å²) in [4.78, 5) is 4.00. The van der Waals surface area contributed by atoms with Crippen LogP contribution in [-0.4, -0.2) is 42.8 Å². The molecule has 0 atom stereocenters. The predicted molar refractivity (Wildman–Crippen MR) is 70.3 cm³/mol. The van der Waals surface area contributed by atoms with Crippen LogP contribution in [0, 0.1) is 0 Å². The van der Waals surface area contributed by atoms with Crippen LogP contribution in [-0.2, 0) is 19.6 Å². The highest BCUT2D eigenvalue weighted by Crippen LogP contribution is 1.95. The van der Waals surface area contributed by atoms with Crippen LogP contribution in [0.15, 0.2) is 24.9 Å². The molecule has 7 heteroatoms. The molecule has 0 fully saturated rings. The van der Waals surface area contributed by atoms with Gasteiger partial charge in [0.1, 0.15) is 0 Å². The molecule has 0 spiro atoms. The second kappa shape index (κ2) is 7.65. The van der Waals surface area contributed by atoms with Crippen molar-refractivity contribution in [2.24, 2.45) is 0 Å². The van der Waals surface area contributed by atoms with Crippen molar-refractivity contribution in [2.45, 2.75) is 32.5 Å². The summed E-state index contributed by atoms with van der Waals surface area (Å²) in [5, 5.41) is 20.1. The van der Waals surface area contributed by atoms with E-state index >= 15 is 0 Å². The lowest BCUT2D eigenvalue weighted by Gasteiger charge is -2.03. The van der Waals surface area contributed by atoms with E-state index in [1.807, 2.05) is 18.7 Å². The van der Waals surface area contributed by atoms with Gasteiger partial charge in [-0.2, -0.15) is 0 Å². The number of aliphatic hydroxyl groups excluding tert-OH is 1. The largest absolute Gasteiger partial charge is 0.396 e. The Balaban J connectivity index is 1.58. The Labute approximate surface area is 112 Å². The molecule has 0 aliphatic rings. The number of aromatic nitrogens is 5. The molecule has 104 valence electrons.